The van der Waals surface area contributed by atoms with Crippen LogP contribution in [0.1, 0.15) is 69.1 Å². The van der Waals surface area contributed by atoms with E-state index in [-0.39, 0.29) is 36.0 Å². The molecule has 3 heterocycles. The van der Waals surface area contributed by atoms with Crippen molar-refractivity contribution in [3.8, 4) is 11.3 Å². The maximum Gasteiger partial charge on any atom is 0.434 e. The van der Waals surface area contributed by atoms with E-state index < -0.39 is 52.9 Å². The molecule has 3 rings (SSSR count). The van der Waals surface area contributed by atoms with Gasteiger partial charge in [-0.05, 0) is 59.6 Å². The minimum absolute atomic E-state index is 0.0132. The predicted molar refractivity (Wildman–Crippen MR) is 131 cm³/mol. The van der Waals surface area contributed by atoms with Gasteiger partial charge in [0, 0.05) is 29.9 Å². The van der Waals surface area contributed by atoms with E-state index in [9.17, 15) is 31.9 Å². The molecule has 2 aromatic rings. The lowest BCUT2D eigenvalue weighted by Crippen LogP contribution is -2.49. The molecule has 0 aliphatic carbocycles. The molecular formula is C26H30F4N4O5. The fourth-order valence-electron chi connectivity index (χ4n) is 4.13. The number of aromatic nitrogens is 2. The molecule has 2 aromatic heterocycles. The molecule has 1 fully saturated rings. The van der Waals surface area contributed by atoms with E-state index in [1.807, 2.05) is 0 Å². The van der Waals surface area contributed by atoms with Crippen LogP contribution in [0.4, 0.5) is 22.4 Å². The number of ether oxygens (including phenoxy) is 2. The molecule has 0 spiro atoms. The van der Waals surface area contributed by atoms with Crippen molar-refractivity contribution in [1.29, 1.82) is 0 Å². The van der Waals surface area contributed by atoms with Crippen LogP contribution in [0.5, 0.6) is 0 Å². The molecule has 1 N–H and O–H groups in total. The van der Waals surface area contributed by atoms with Crippen LogP contribution < -0.4 is 5.32 Å². The van der Waals surface area contributed by atoms with E-state index in [2.05, 4.69) is 15.3 Å². The summed E-state index contributed by atoms with van der Waals surface area (Å²) in [5.41, 5.74) is -2.95. The second kappa shape index (κ2) is 11.5. The number of hydrogen-bond acceptors (Lipinski definition) is 7. The Labute approximate surface area is 222 Å². The number of halogens is 4. The highest BCUT2D eigenvalue weighted by atomic mass is 19.4. The Morgan fingerprint density at radius 2 is 1.79 bits per heavy atom. The van der Waals surface area contributed by atoms with E-state index in [1.165, 1.54) is 17.9 Å². The molecule has 39 heavy (non-hydrogen) atoms. The number of alkyl halides is 3. The van der Waals surface area contributed by atoms with Crippen LogP contribution in [-0.4, -0.2) is 57.1 Å². The van der Waals surface area contributed by atoms with Crippen molar-refractivity contribution < 1.29 is 41.4 Å². The van der Waals surface area contributed by atoms with Crippen molar-refractivity contribution in [3.05, 3.63) is 47.2 Å². The van der Waals surface area contributed by atoms with Crippen molar-refractivity contribution in [3.63, 3.8) is 0 Å². The largest absolute Gasteiger partial charge is 0.462 e. The molecular weight excluding hydrogens is 524 g/mol. The quantitative estimate of drug-likeness (QED) is 0.400. The van der Waals surface area contributed by atoms with Crippen LogP contribution in [0.15, 0.2) is 24.5 Å². The zero-order chi connectivity index (χ0) is 29.1. The Morgan fingerprint density at radius 3 is 2.41 bits per heavy atom. The molecule has 0 bridgehead atoms. The third kappa shape index (κ3) is 7.21. The van der Waals surface area contributed by atoms with Gasteiger partial charge in [-0.2, -0.15) is 13.2 Å². The van der Waals surface area contributed by atoms with E-state index in [1.54, 1.807) is 27.7 Å². The third-order valence-electron chi connectivity index (χ3n) is 5.91. The van der Waals surface area contributed by atoms with E-state index in [0.717, 1.165) is 18.5 Å². The lowest BCUT2D eigenvalue weighted by Gasteiger charge is -2.30. The van der Waals surface area contributed by atoms with Crippen molar-refractivity contribution in [2.75, 3.05) is 6.61 Å². The van der Waals surface area contributed by atoms with E-state index in [4.69, 9.17) is 9.47 Å². The van der Waals surface area contributed by atoms with Gasteiger partial charge in [0.2, 0.25) is 5.91 Å². The first-order valence-electron chi connectivity index (χ1n) is 12.3. The Bertz CT molecular complexity index is 1250. The summed E-state index contributed by atoms with van der Waals surface area (Å²) in [6.07, 6.45) is -2.84. The standard InChI is InChI=1S/C26H30F4N4O5/c1-6-38-23(36)17-9-16(12-32-21(17)26(28,29)30)19-10-15(18(27)13-31-19)11-33-22(35)20-8-7-14(2)34(20)24(37)39-25(3,4)5/h9-10,12-14,20H,6-8,11H2,1-5H3,(H,33,35)/t14-,20-/m0/s1. The molecule has 2 amide bonds. The average Bonchev–Trinajstić information content (AvgIpc) is 3.23. The van der Waals surface area contributed by atoms with Crippen LogP contribution in [0.25, 0.3) is 11.3 Å². The molecule has 1 saturated heterocycles. The van der Waals surface area contributed by atoms with Crippen LogP contribution in [-0.2, 0) is 27.0 Å². The Kier molecular flexibility index (Phi) is 8.81. The monoisotopic (exact) mass is 554 g/mol. The number of rotatable bonds is 6. The second-order valence-electron chi connectivity index (χ2n) is 10.0. The van der Waals surface area contributed by atoms with Crippen LogP contribution in [0.2, 0.25) is 0 Å². The van der Waals surface area contributed by atoms with Crippen LogP contribution in [0, 0.1) is 5.82 Å². The molecule has 9 nitrogen and oxygen atoms in total. The first-order valence-corrected chi connectivity index (χ1v) is 12.3. The van der Waals surface area contributed by atoms with E-state index >= 15 is 0 Å². The van der Waals surface area contributed by atoms with Crippen molar-refractivity contribution in [1.82, 2.24) is 20.2 Å². The SMILES string of the molecule is CCOC(=O)c1cc(-c2cc(CNC(=O)[C@@H]3CC[C@H](C)N3C(=O)OC(C)(C)C)c(F)cn2)cnc1C(F)(F)F. The van der Waals surface area contributed by atoms with Crippen molar-refractivity contribution >= 4 is 18.0 Å². The molecule has 0 aromatic carbocycles. The summed E-state index contributed by atoms with van der Waals surface area (Å²) in [4.78, 5) is 46.4. The van der Waals surface area contributed by atoms with Gasteiger partial charge in [-0.15, -0.1) is 0 Å². The maximum atomic E-state index is 14.6. The molecule has 0 saturated carbocycles. The van der Waals surface area contributed by atoms with Gasteiger partial charge >= 0.3 is 18.2 Å². The molecule has 1 aliphatic rings. The summed E-state index contributed by atoms with van der Waals surface area (Å²) in [5, 5.41) is 2.61. The average molecular weight is 555 g/mol. The maximum absolute atomic E-state index is 14.6. The van der Waals surface area contributed by atoms with Gasteiger partial charge in [0.1, 0.15) is 17.5 Å². The number of esters is 1. The topological polar surface area (TPSA) is 111 Å². The summed E-state index contributed by atoms with van der Waals surface area (Å²) in [6, 6.07) is 1.11. The van der Waals surface area contributed by atoms with Crippen LogP contribution >= 0.6 is 0 Å². The summed E-state index contributed by atoms with van der Waals surface area (Å²) >= 11 is 0. The Balaban J connectivity index is 1.82. The third-order valence-corrected chi connectivity index (χ3v) is 5.91. The highest BCUT2D eigenvalue weighted by Crippen LogP contribution is 2.33. The number of likely N-dealkylation sites (tertiary alicyclic amines) is 1. The fraction of sp³-hybridized carbons (Fsp3) is 0.500. The lowest BCUT2D eigenvalue weighted by molar-refractivity contribution is -0.141. The van der Waals surface area contributed by atoms with Gasteiger partial charge in [-0.25, -0.2) is 14.0 Å². The molecule has 0 radical (unpaired) electrons. The highest BCUT2D eigenvalue weighted by molar-refractivity contribution is 5.92. The molecule has 212 valence electrons. The zero-order valence-corrected chi connectivity index (χ0v) is 22.2. The van der Waals surface area contributed by atoms with Gasteiger partial charge in [0.15, 0.2) is 5.69 Å². The number of nitrogens with zero attached hydrogens (tertiary/aromatic N) is 3. The highest BCUT2D eigenvalue weighted by Gasteiger charge is 2.41. The van der Waals surface area contributed by atoms with Gasteiger partial charge < -0.3 is 14.8 Å². The predicted octanol–water partition coefficient (Wildman–Crippen LogP) is 4.88. The minimum atomic E-state index is -4.91. The molecule has 0 unspecified atom stereocenters. The minimum Gasteiger partial charge on any atom is -0.462 e. The van der Waals surface area contributed by atoms with Gasteiger partial charge in [-0.1, -0.05) is 0 Å². The van der Waals surface area contributed by atoms with Crippen molar-refractivity contribution in [2.45, 2.75) is 77.9 Å². The van der Waals surface area contributed by atoms with Crippen LogP contribution in [0.3, 0.4) is 0 Å². The zero-order valence-electron chi connectivity index (χ0n) is 22.2. The normalized spacial score (nSPS) is 17.6. The molecule has 2 atom stereocenters. The molecule has 1 aliphatic heterocycles. The van der Waals surface area contributed by atoms with Crippen molar-refractivity contribution in [2.24, 2.45) is 0 Å². The number of nitrogens with one attached hydrogen (secondary N) is 1. The fourth-order valence-corrected chi connectivity index (χ4v) is 4.13. The Morgan fingerprint density at radius 1 is 1.10 bits per heavy atom. The first-order chi connectivity index (χ1) is 18.1. The first kappa shape index (κ1) is 29.8. The summed E-state index contributed by atoms with van der Waals surface area (Å²) in [7, 11) is 0. The number of carbonyl (C=O) groups is 3. The van der Waals surface area contributed by atoms with Gasteiger partial charge in [0.05, 0.1) is 24.1 Å². The molecule has 13 heteroatoms. The number of amides is 2. The Hall–Kier alpha value is -3.77. The summed E-state index contributed by atoms with van der Waals surface area (Å²) in [5.74, 6) is -2.49. The number of carbonyl (C=O) groups excluding carboxylic acids is 3. The summed E-state index contributed by atoms with van der Waals surface area (Å²) in [6.45, 7) is 7.96. The van der Waals surface area contributed by atoms with Gasteiger partial charge in [-0.3, -0.25) is 19.7 Å². The summed E-state index contributed by atoms with van der Waals surface area (Å²) < 4.78 is 64.8. The number of pyridine rings is 2. The number of hydrogen-bond donors (Lipinski definition) is 1. The lowest BCUT2D eigenvalue weighted by atomic mass is 10.1. The second-order valence-corrected chi connectivity index (χ2v) is 10.0. The van der Waals surface area contributed by atoms with Gasteiger partial charge in [0.25, 0.3) is 0 Å². The smallest absolute Gasteiger partial charge is 0.434 e. The van der Waals surface area contributed by atoms with E-state index in [0.29, 0.717) is 12.8 Å².